The maximum Gasteiger partial charge on any atom is 0.308 e. The summed E-state index contributed by atoms with van der Waals surface area (Å²) in [7, 11) is 1.63. The molecule has 4 nitrogen and oxygen atoms in total. The Bertz CT molecular complexity index is 577. The molecule has 0 heterocycles. The fourth-order valence-corrected chi connectivity index (χ4v) is 1.81. The Hall–Kier alpha value is -2.07. The van der Waals surface area contributed by atoms with Gasteiger partial charge in [-0.2, -0.15) is 0 Å². The van der Waals surface area contributed by atoms with Crippen molar-refractivity contribution in [2.45, 2.75) is 6.92 Å². The Kier molecular flexibility index (Phi) is 4.36. The van der Waals surface area contributed by atoms with Crippen molar-refractivity contribution in [1.29, 1.82) is 0 Å². The van der Waals surface area contributed by atoms with Crippen molar-refractivity contribution in [3.63, 3.8) is 0 Å². The summed E-state index contributed by atoms with van der Waals surface area (Å²) in [5, 5.41) is 1.95. The molecule has 0 aliphatic heterocycles. The molecule has 4 heteroatoms. The third-order valence-corrected chi connectivity index (χ3v) is 2.62. The lowest BCUT2D eigenvalue weighted by molar-refractivity contribution is -0.131. The first kappa shape index (κ1) is 13.4. The highest BCUT2D eigenvalue weighted by Gasteiger charge is 2.05. The summed E-state index contributed by atoms with van der Waals surface area (Å²) >= 11 is 0. The molecule has 19 heavy (non-hydrogen) atoms. The Morgan fingerprint density at radius 3 is 2.74 bits per heavy atom. The Labute approximate surface area is 111 Å². The third kappa shape index (κ3) is 3.45. The maximum atomic E-state index is 11.0. The predicted octanol–water partition coefficient (Wildman–Crippen LogP) is 2.79. The summed E-state index contributed by atoms with van der Waals surface area (Å²) in [6, 6.07) is 11.3. The molecule has 0 atom stereocenters. The first-order valence-electron chi connectivity index (χ1n) is 6.03. The summed E-state index contributed by atoms with van der Waals surface area (Å²) < 4.78 is 15.7. The van der Waals surface area contributed by atoms with Gasteiger partial charge in [0.25, 0.3) is 0 Å². The fraction of sp³-hybridized carbons (Fsp3) is 0.267. The van der Waals surface area contributed by atoms with Crippen LogP contribution in [0.5, 0.6) is 11.5 Å². The second-order valence-electron chi connectivity index (χ2n) is 4.07. The van der Waals surface area contributed by atoms with E-state index in [0.29, 0.717) is 19.0 Å². The quantitative estimate of drug-likeness (QED) is 0.471. The number of carbonyl (C=O) groups excluding carboxylic acids is 1. The fourth-order valence-electron chi connectivity index (χ4n) is 1.81. The molecular formula is C15H16O4. The smallest absolute Gasteiger partial charge is 0.308 e. The minimum atomic E-state index is -0.336. The lowest BCUT2D eigenvalue weighted by atomic mass is 10.1. The van der Waals surface area contributed by atoms with Gasteiger partial charge in [-0.1, -0.05) is 18.2 Å². The molecule has 0 unspecified atom stereocenters. The van der Waals surface area contributed by atoms with Crippen molar-refractivity contribution in [1.82, 2.24) is 0 Å². The van der Waals surface area contributed by atoms with Gasteiger partial charge in [-0.25, -0.2) is 0 Å². The van der Waals surface area contributed by atoms with Crippen LogP contribution in [0.25, 0.3) is 10.8 Å². The van der Waals surface area contributed by atoms with Gasteiger partial charge in [-0.05, 0) is 23.6 Å². The first-order valence-corrected chi connectivity index (χ1v) is 6.03. The minimum Gasteiger partial charge on any atom is -0.491 e. The van der Waals surface area contributed by atoms with E-state index in [4.69, 9.17) is 14.2 Å². The van der Waals surface area contributed by atoms with E-state index >= 15 is 0 Å². The second-order valence-corrected chi connectivity index (χ2v) is 4.07. The summed E-state index contributed by atoms with van der Waals surface area (Å²) in [5.41, 5.74) is 0. The van der Waals surface area contributed by atoms with Gasteiger partial charge in [0, 0.05) is 19.4 Å². The van der Waals surface area contributed by atoms with E-state index in [1.165, 1.54) is 6.92 Å². The van der Waals surface area contributed by atoms with E-state index in [9.17, 15) is 4.79 Å². The van der Waals surface area contributed by atoms with Crippen LogP contribution in [0.2, 0.25) is 0 Å². The number of hydrogen-bond acceptors (Lipinski definition) is 4. The predicted molar refractivity (Wildman–Crippen MR) is 72.6 cm³/mol. The van der Waals surface area contributed by atoms with Crippen LogP contribution in [0.4, 0.5) is 0 Å². The van der Waals surface area contributed by atoms with Gasteiger partial charge < -0.3 is 14.2 Å². The normalized spacial score (nSPS) is 10.4. The highest BCUT2D eigenvalue weighted by molar-refractivity contribution is 5.90. The van der Waals surface area contributed by atoms with Crippen LogP contribution in [0.1, 0.15) is 6.92 Å². The van der Waals surface area contributed by atoms with Crippen molar-refractivity contribution < 1.29 is 19.0 Å². The van der Waals surface area contributed by atoms with Crippen LogP contribution < -0.4 is 9.47 Å². The van der Waals surface area contributed by atoms with Crippen LogP contribution in [0.15, 0.2) is 36.4 Å². The van der Waals surface area contributed by atoms with Gasteiger partial charge >= 0.3 is 5.97 Å². The highest BCUT2D eigenvalue weighted by Crippen LogP contribution is 2.29. The summed E-state index contributed by atoms with van der Waals surface area (Å²) in [5.74, 6) is 0.934. The van der Waals surface area contributed by atoms with Crippen molar-refractivity contribution in [2.24, 2.45) is 0 Å². The number of fused-ring (bicyclic) bond motifs is 1. The van der Waals surface area contributed by atoms with Gasteiger partial charge in [0.2, 0.25) is 0 Å². The van der Waals surface area contributed by atoms with Gasteiger partial charge in [0.05, 0.1) is 6.61 Å². The second kappa shape index (κ2) is 6.20. The average Bonchev–Trinajstić information content (AvgIpc) is 2.39. The van der Waals surface area contributed by atoms with E-state index in [-0.39, 0.29) is 5.97 Å². The molecular weight excluding hydrogens is 244 g/mol. The van der Waals surface area contributed by atoms with E-state index in [0.717, 1.165) is 16.5 Å². The SMILES string of the molecule is COCCOc1cccc2ccc(OC(C)=O)cc12. The topological polar surface area (TPSA) is 44.8 Å². The number of rotatable bonds is 5. The number of methoxy groups -OCH3 is 1. The summed E-state index contributed by atoms with van der Waals surface area (Å²) in [6.07, 6.45) is 0. The lowest BCUT2D eigenvalue weighted by Gasteiger charge is -2.10. The zero-order valence-corrected chi connectivity index (χ0v) is 11.0. The molecule has 0 aromatic heterocycles. The van der Waals surface area contributed by atoms with Crippen LogP contribution in [-0.2, 0) is 9.53 Å². The molecule has 0 aliphatic carbocycles. The largest absolute Gasteiger partial charge is 0.491 e. The number of ether oxygens (including phenoxy) is 3. The average molecular weight is 260 g/mol. The highest BCUT2D eigenvalue weighted by atomic mass is 16.5. The van der Waals surface area contributed by atoms with E-state index in [1.54, 1.807) is 19.2 Å². The summed E-state index contributed by atoms with van der Waals surface area (Å²) in [4.78, 5) is 11.0. The third-order valence-electron chi connectivity index (χ3n) is 2.62. The molecule has 0 bridgehead atoms. The van der Waals surface area contributed by atoms with Crippen molar-refractivity contribution in [2.75, 3.05) is 20.3 Å². The molecule has 0 N–H and O–H groups in total. The molecule has 0 saturated heterocycles. The Morgan fingerprint density at radius 1 is 1.16 bits per heavy atom. The molecule has 2 rings (SSSR count). The van der Waals surface area contributed by atoms with Gasteiger partial charge in [0.15, 0.2) is 0 Å². The molecule has 0 saturated carbocycles. The number of carbonyl (C=O) groups is 1. The standard InChI is InChI=1S/C15H16O4/c1-11(16)19-13-7-6-12-4-3-5-15(14(12)10-13)18-9-8-17-2/h3-7,10H,8-9H2,1-2H3. The Balaban J connectivity index is 2.31. The maximum absolute atomic E-state index is 11.0. The van der Waals surface area contributed by atoms with E-state index in [1.807, 2.05) is 24.3 Å². The molecule has 0 amide bonds. The molecule has 2 aromatic carbocycles. The van der Waals surface area contributed by atoms with Crippen molar-refractivity contribution in [3.05, 3.63) is 36.4 Å². The summed E-state index contributed by atoms with van der Waals surface area (Å²) in [6.45, 7) is 2.39. The molecule has 0 fully saturated rings. The molecule has 0 aliphatic rings. The van der Waals surface area contributed by atoms with Crippen molar-refractivity contribution >= 4 is 16.7 Å². The van der Waals surface area contributed by atoms with Crippen LogP contribution >= 0.6 is 0 Å². The van der Waals surface area contributed by atoms with Gasteiger partial charge in [-0.3, -0.25) is 4.79 Å². The van der Waals surface area contributed by atoms with Gasteiger partial charge in [-0.15, -0.1) is 0 Å². The van der Waals surface area contributed by atoms with E-state index < -0.39 is 0 Å². The zero-order chi connectivity index (χ0) is 13.7. The van der Waals surface area contributed by atoms with Crippen molar-refractivity contribution in [3.8, 4) is 11.5 Å². The molecule has 2 aromatic rings. The minimum absolute atomic E-state index is 0.336. The zero-order valence-electron chi connectivity index (χ0n) is 11.0. The van der Waals surface area contributed by atoms with Crippen LogP contribution in [-0.4, -0.2) is 26.3 Å². The monoisotopic (exact) mass is 260 g/mol. The first-order chi connectivity index (χ1) is 9.20. The number of esters is 1. The number of hydrogen-bond donors (Lipinski definition) is 0. The van der Waals surface area contributed by atoms with E-state index in [2.05, 4.69) is 0 Å². The number of benzene rings is 2. The molecule has 0 spiro atoms. The molecule has 0 radical (unpaired) electrons. The van der Waals surface area contributed by atoms with Gasteiger partial charge in [0.1, 0.15) is 18.1 Å². The van der Waals surface area contributed by atoms with Crippen LogP contribution in [0, 0.1) is 0 Å². The Morgan fingerprint density at radius 2 is 2.00 bits per heavy atom. The van der Waals surface area contributed by atoms with Crippen LogP contribution in [0.3, 0.4) is 0 Å². The molecule has 100 valence electrons. The lowest BCUT2D eigenvalue weighted by Crippen LogP contribution is -2.04.